The number of likely N-dealkylation sites (tertiary alicyclic amines) is 1. The number of nitrogens with zero attached hydrogens (tertiary/aromatic N) is 2. The summed E-state index contributed by atoms with van der Waals surface area (Å²) in [6.07, 6.45) is 2.03. The fraction of sp³-hybridized carbons (Fsp3) is 0.731. The van der Waals surface area contributed by atoms with Crippen molar-refractivity contribution in [3.8, 4) is 0 Å². The van der Waals surface area contributed by atoms with Crippen molar-refractivity contribution in [3.05, 3.63) is 0 Å². The Balaban J connectivity index is 3.18. The van der Waals surface area contributed by atoms with Crippen LogP contribution in [0.2, 0.25) is 0 Å². The average molecular weight is 582 g/mol. The minimum Gasteiger partial charge on any atom is -0.370 e. The third-order valence-electron chi connectivity index (χ3n) is 6.92. The number of primary amides is 1. The Bertz CT molecular complexity index is 969. The molecule has 15 nitrogen and oxygen atoms in total. The average Bonchev–Trinajstić information content (AvgIpc) is 3.40. The number of rotatable bonds is 17. The summed E-state index contributed by atoms with van der Waals surface area (Å²) in [5.41, 5.74) is 16.0. The number of carbonyl (C=O) groups excluding carboxylic acids is 6. The van der Waals surface area contributed by atoms with E-state index in [1.807, 2.05) is 6.92 Å². The maximum Gasteiger partial charge on any atom is 0.245 e. The van der Waals surface area contributed by atoms with Gasteiger partial charge in [-0.25, -0.2) is 0 Å². The highest BCUT2D eigenvalue weighted by Crippen LogP contribution is 2.20. The van der Waals surface area contributed by atoms with Crippen molar-refractivity contribution in [2.75, 3.05) is 19.6 Å². The number of hydrogen-bond donors (Lipinski definition) is 7. The Morgan fingerprint density at radius 1 is 0.951 bits per heavy atom. The molecule has 5 atom stereocenters. The largest absolute Gasteiger partial charge is 0.370 e. The number of amides is 6. The van der Waals surface area contributed by atoms with Crippen molar-refractivity contribution in [3.63, 3.8) is 0 Å². The predicted octanol–water partition coefficient (Wildman–Crippen LogP) is -2.05. The van der Waals surface area contributed by atoms with E-state index in [9.17, 15) is 28.8 Å². The van der Waals surface area contributed by atoms with Gasteiger partial charge in [-0.05, 0) is 44.9 Å². The third kappa shape index (κ3) is 12.0. The molecular weight excluding hydrogens is 534 g/mol. The normalized spacial score (nSPS) is 17.4. The highest BCUT2D eigenvalue weighted by molar-refractivity contribution is 5.96. The van der Waals surface area contributed by atoms with Crippen molar-refractivity contribution < 1.29 is 28.8 Å². The van der Waals surface area contributed by atoms with E-state index >= 15 is 0 Å². The number of carbonyl (C=O) groups is 6. The molecule has 0 unspecified atom stereocenters. The van der Waals surface area contributed by atoms with Gasteiger partial charge in [0.2, 0.25) is 35.4 Å². The molecular formula is C26H47N9O6. The molecule has 0 aromatic rings. The molecule has 1 saturated heterocycles. The van der Waals surface area contributed by atoms with Crippen LogP contribution >= 0.6 is 0 Å². The quantitative estimate of drug-likeness (QED) is 0.0571. The molecule has 6 amide bonds. The second kappa shape index (κ2) is 17.7. The fourth-order valence-corrected chi connectivity index (χ4v) is 4.57. The maximum atomic E-state index is 13.7. The summed E-state index contributed by atoms with van der Waals surface area (Å²) in [6, 6.07) is -3.79. The van der Waals surface area contributed by atoms with E-state index < -0.39 is 53.7 Å². The van der Waals surface area contributed by atoms with Gasteiger partial charge in [0, 0.05) is 33.0 Å². The molecule has 1 aliphatic rings. The molecule has 0 spiro atoms. The molecule has 15 heteroatoms. The van der Waals surface area contributed by atoms with Crippen LogP contribution in [0, 0.1) is 5.92 Å². The molecule has 1 aliphatic heterocycles. The van der Waals surface area contributed by atoms with E-state index in [-0.39, 0.29) is 43.6 Å². The number of guanidine groups is 1. The Labute approximate surface area is 241 Å². The maximum absolute atomic E-state index is 13.7. The van der Waals surface area contributed by atoms with E-state index in [1.165, 1.54) is 11.8 Å². The molecule has 0 aromatic heterocycles. The zero-order chi connectivity index (χ0) is 31.1. The molecule has 10 N–H and O–H groups in total. The highest BCUT2D eigenvalue weighted by atomic mass is 16.2. The third-order valence-corrected chi connectivity index (χ3v) is 6.92. The van der Waals surface area contributed by atoms with Gasteiger partial charge in [-0.1, -0.05) is 20.3 Å². The molecule has 1 rings (SSSR count). The number of nitrogens with two attached hydrogens (primary N) is 3. The Hall–Kier alpha value is -3.91. The van der Waals surface area contributed by atoms with Crippen LogP contribution in [0.25, 0.3) is 0 Å². The predicted molar refractivity (Wildman–Crippen MR) is 153 cm³/mol. The van der Waals surface area contributed by atoms with Crippen LogP contribution in [0.1, 0.15) is 72.6 Å². The smallest absolute Gasteiger partial charge is 0.245 e. The number of nitrogens with one attached hydrogen (secondary N) is 4. The van der Waals surface area contributed by atoms with Crippen molar-refractivity contribution in [2.24, 2.45) is 28.1 Å². The van der Waals surface area contributed by atoms with Crippen LogP contribution in [0.3, 0.4) is 0 Å². The summed E-state index contributed by atoms with van der Waals surface area (Å²) in [4.78, 5) is 81.3. The van der Waals surface area contributed by atoms with E-state index in [2.05, 4.69) is 26.3 Å². The topological polar surface area (TPSA) is 244 Å². The van der Waals surface area contributed by atoms with Gasteiger partial charge in [0.1, 0.15) is 24.2 Å². The van der Waals surface area contributed by atoms with Gasteiger partial charge >= 0.3 is 0 Å². The molecule has 0 aromatic carbocycles. The Kier molecular flexibility index (Phi) is 15.2. The molecule has 232 valence electrons. The Morgan fingerprint density at radius 3 is 2.20 bits per heavy atom. The zero-order valence-electron chi connectivity index (χ0n) is 24.5. The van der Waals surface area contributed by atoms with Gasteiger partial charge < -0.3 is 43.4 Å². The van der Waals surface area contributed by atoms with Crippen LogP contribution in [0.4, 0.5) is 0 Å². The fourth-order valence-electron chi connectivity index (χ4n) is 4.57. The van der Waals surface area contributed by atoms with E-state index in [4.69, 9.17) is 17.2 Å². The second-order valence-electron chi connectivity index (χ2n) is 10.2. The highest BCUT2D eigenvalue weighted by Gasteiger charge is 2.38. The minimum atomic E-state index is -1.08. The van der Waals surface area contributed by atoms with Crippen molar-refractivity contribution >= 4 is 41.4 Å². The van der Waals surface area contributed by atoms with Crippen LogP contribution in [-0.4, -0.2) is 90.1 Å². The number of likely N-dealkylation sites (N-methyl/N-ethyl adjacent to an activating group) is 1. The molecule has 1 fully saturated rings. The lowest BCUT2D eigenvalue weighted by molar-refractivity contribution is -0.142. The Morgan fingerprint density at radius 2 is 1.63 bits per heavy atom. The van der Waals surface area contributed by atoms with Crippen LogP contribution in [-0.2, 0) is 28.8 Å². The van der Waals surface area contributed by atoms with Crippen LogP contribution in [0.5, 0.6) is 0 Å². The lowest BCUT2D eigenvalue weighted by Gasteiger charge is -2.31. The lowest BCUT2D eigenvalue weighted by atomic mass is 9.96. The number of hydrogen-bond acceptors (Lipinski definition) is 7. The molecule has 0 radical (unpaired) electrons. The second-order valence-corrected chi connectivity index (χ2v) is 10.2. The van der Waals surface area contributed by atoms with Crippen LogP contribution in [0.15, 0.2) is 4.99 Å². The first-order valence-electron chi connectivity index (χ1n) is 14.1. The monoisotopic (exact) mass is 581 g/mol. The van der Waals surface area contributed by atoms with Gasteiger partial charge in [-0.15, -0.1) is 0 Å². The zero-order valence-corrected chi connectivity index (χ0v) is 24.5. The standard InChI is InChI=1S/C26H47N9O6/c1-5-15(3)21(34-22(38)17(32-16(4)36)11-12-20(27)37)24(40)33-18(9-7-13-31-26(28)29)25(41)35-14-8-10-19(35)23(39)30-6-2/h15,17-19,21H,5-14H2,1-4H3,(H2,27,37)(H,30,39)(H,32,36)(H,33,40)(H,34,38)(H4,28,29,31)/t15-,17-,18-,19-,21-/m0/s1. The lowest BCUT2D eigenvalue weighted by Crippen LogP contribution is -2.59. The summed E-state index contributed by atoms with van der Waals surface area (Å²) < 4.78 is 0. The minimum absolute atomic E-state index is 0.0440. The van der Waals surface area contributed by atoms with E-state index in [1.54, 1.807) is 13.8 Å². The summed E-state index contributed by atoms with van der Waals surface area (Å²) in [7, 11) is 0. The van der Waals surface area contributed by atoms with Gasteiger partial charge in [-0.2, -0.15) is 0 Å². The van der Waals surface area contributed by atoms with Crippen molar-refractivity contribution in [1.29, 1.82) is 0 Å². The molecule has 0 bridgehead atoms. The van der Waals surface area contributed by atoms with Crippen LogP contribution < -0.4 is 38.5 Å². The SMILES string of the molecule is CCNC(=O)[C@@H]1CCCN1C(=O)[C@H](CCCN=C(N)N)NC(=O)[C@@H](NC(=O)[C@H](CCC(N)=O)NC(C)=O)[C@@H](C)CC. The van der Waals surface area contributed by atoms with Gasteiger partial charge in [0.25, 0.3) is 0 Å². The van der Waals surface area contributed by atoms with E-state index in [0.717, 1.165) is 0 Å². The van der Waals surface area contributed by atoms with Crippen molar-refractivity contribution in [2.45, 2.75) is 96.8 Å². The molecule has 0 aliphatic carbocycles. The first-order chi connectivity index (χ1) is 19.3. The summed E-state index contributed by atoms with van der Waals surface area (Å²) in [5, 5.41) is 10.7. The van der Waals surface area contributed by atoms with Gasteiger partial charge in [-0.3, -0.25) is 33.8 Å². The number of aliphatic imine (C=N–C) groups is 1. The van der Waals surface area contributed by atoms with Gasteiger partial charge in [0.05, 0.1) is 0 Å². The van der Waals surface area contributed by atoms with Gasteiger partial charge in [0.15, 0.2) is 5.96 Å². The summed E-state index contributed by atoms with van der Waals surface area (Å²) in [6.45, 7) is 7.65. The molecule has 41 heavy (non-hydrogen) atoms. The van der Waals surface area contributed by atoms with E-state index in [0.29, 0.717) is 38.8 Å². The van der Waals surface area contributed by atoms with Crippen molar-refractivity contribution in [1.82, 2.24) is 26.2 Å². The summed E-state index contributed by atoms with van der Waals surface area (Å²) in [5.74, 6) is -3.50. The molecule has 0 saturated carbocycles. The first-order valence-corrected chi connectivity index (χ1v) is 14.1. The molecule has 1 heterocycles. The summed E-state index contributed by atoms with van der Waals surface area (Å²) >= 11 is 0. The first kappa shape index (κ1) is 35.1.